The van der Waals surface area contributed by atoms with Gasteiger partial charge < -0.3 is 14.5 Å². The summed E-state index contributed by atoms with van der Waals surface area (Å²) in [4.78, 5) is 22.5. The van der Waals surface area contributed by atoms with Crippen LogP contribution in [0.2, 0.25) is 0 Å². The molecule has 1 N–H and O–H groups in total. The summed E-state index contributed by atoms with van der Waals surface area (Å²) in [5, 5.41) is 1.08. The van der Waals surface area contributed by atoms with Crippen LogP contribution < -0.4 is 0 Å². The number of fused-ring (bicyclic) bond motifs is 1. The molecule has 23 heavy (non-hydrogen) atoms. The molecule has 118 valence electrons. The van der Waals surface area contributed by atoms with Gasteiger partial charge >= 0.3 is 0 Å². The fourth-order valence-corrected chi connectivity index (χ4v) is 3.53. The first kappa shape index (κ1) is 14.1. The van der Waals surface area contributed by atoms with Gasteiger partial charge in [-0.25, -0.2) is 4.98 Å². The number of likely N-dealkylation sites (tertiary alicyclic amines) is 1. The molecule has 1 aliphatic heterocycles. The molecule has 5 heteroatoms. The minimum atomic E-state index is 0.0784. The van der Waals surface area contributed by atoms with E-state index >= 15 is 0 Å². The first-order valence-corrected chi connectivity index (χ1v) is 7.98. The van der Waals surface area contributed by atoms with Crippen molar-refractivity contribution in [2.75, 3.05) is 13.1 Å². The molecule has 1 amide bonds. The Morgan fingerprint density at radius 2 is 2.17 bits per heavy atom. The van der Waals surface area contributed by atoms with Gasteiger partial charge in [0, 0.05) is 43.2 Å². The second-order valence-corrected chi connectivity index (χ2v) is 6.36. The van der Waals surface area contributed by atoms with Gasteiger partial charge in [-0.15, -0.1) is 0 Å². The third-order valence-corrected chi connectivity index (χ3v) is 4.63. The zero-order valence-electron chi connectivity index (χ0n) is 13.4. The van der Waals surface area contributed by atoms with Gasteiger partial charge in [0.1, 0.15) is 11.5 Å². The van der Waals surface area contributed by atoms with Gasteiger partial charge in [0.25, 0.3) is 5.91 Å². The van der Waals surface area contributed by atoms with Gasteiger partial charge in [0.15, 0.2) is 0 Å². The number of nitrogens with one attached hydrogen (secondary N) is 1. The van der Waals surface area contributed by atoms with Gasteiger partial charge in [-0.05, 0) is 25.5 Å². The maximum atomic E-state index is 12.8. The van der Waals surface area contributed by atoms with Crippen molar-refractivity contribution in [3.8, 4) is 0 Å². The minimum absolute atomic E-state index is 0.0784. The smallest absolute Gasteiger partial charge is 0.270 e. The van der Waals surface area contributed by atoms with E-state index in [1.807, 2.05) is 55.4 Å². The van der Waals surface area contributed by atoms with E-state index < -0.39 is 0 Å². The Hall–Kier alpha value is -2.56. The summed E-state index contributed by atoms with van der Waals surface area (Å²) in [7, 11) is 2.03. The van der Waals surface area contributed by atoms with Crippen LogP contribution >= 0.6 is 0 Å². The molecule has 0 bridgehead atoms. The highest BCUT2D eigenvalue weighted by Gasteiger charge is 2.30. The number of nitrogens with zero attached hydrogens (tertiary/aromatic N) is 3. The SMILES string of the molecule is Cc1cn(C)c([C@H]2CCN(C(=O)c3cc4ccccc4[nH]3)C2)n1. The zero-order valence-corrected chi connectivity index (χ0v) is 13.4. The second kappa shape index (κ2) is 5.26. The van der Waals surface area contributed by atoms with Crippen molar-refractivity contribution in [3.63, 3.8) is 0 Å². The van der Waals surface area contributed by atoms with Crippen LogP contribution in [0.15, 0.2) is 36.5 Å². The number of aromatic nitrogens is 3. The molecule has 4 rings (SSSR count). The highest BCUT2D eigenvalue weighted by molar-refractivity contribution is 5.98. The average molecular weight is 308 g/mol. The molecule has 5 nitrogen and oxygen atoms in total. The van der Waals surface area contributed by atoms with Gasteiger partial charge in [-0.2, -0.15) is 0 Å². The molecule has 1 fully saturated rings. The molecule has 3 aromatic rings. The molecule has 0 aliphatic carbocycles. The fraction of sp³-hybridized carbons (Fsp3) is 0.333. The number of benzene rings is 1. The number of amides is 1. The first-order chi connectivity index (χ1) is 11.1. The number of aryl methyl sites for hydroxylation is 2. The number of imidazole rings is 1. The van der Waals surface area contributed by atoms with Crippen molar-refractivity contribution in [3.05, 3.63) is 53.7 Å². The summed E-state index contributed by atoms with van der Waals surface area (Å²) < 4.78 is 2.08. The molecule has 1 saturated heterocycles. The van der Waals surface area contributed by atoms with Crippen LogP contribution in [-0.2, 0) is 7.05 Å². The maximum Gasteiger partial charge on any atom is 0.270 e. The van der Waals surface area contributed by atoms with Crippen LogP contribution in [0.5, 0.6) is 0 Å². The van der Waals surface area contributed by atoms with Gasteiger partial charge in [0.2, 0.25) is 0 Å². The minimum Gasteiger partial charge on any atom is -0.351 e. The Balaban J connectivity index is 1.55. The van der Waals surface area contributed by atoms with E-state index in [0.717, 1.165) is 41.9 Å². The molecule has 1 aromatic carbocycles. The van der Waals surface area contributed by atoms with E-state index in [9.17, 15) is 4.79 Å². The highest BCUT2D eigenvalue weighted by Crippen LogP contribution is 2.28. The number of para-hydroxylation sites is 1. The van der Waals surface area contributed by atoms with Crippen LogP contribution in [-0.4, -0.2) is 38.4 Å². The van der Waals surface area contributed by atoms with E-state index in [0.29, 0.717) is 11.6 Å². The molecule has 2 aromatic heterocycles. The highest BCUT2D eigenvalue weighted by atomic mass is 16.2. The number of rotatable bonds is 2. The number of hydrogen-bond donors (Lipinski definition) is 1. The van der Waals surface area contributed by atoms with Gasteiger partial charge in [-0.3, -0.25) is 4.79 Å². The number of carbonyl (C=O) groups excluding carboxylic acids is 1. The maximum absolute atomic E-state index is 12.8. The lowest BCUT2D eigenvalue weighted by Crippen LogP contribution is -2.29. The lowest BCUT2D eigenvalue weighted by Gasteiger charge is -2.15. The molecule has 0 unspecified atom stereocenters. The van der Waals surface area contributed by atoms with E-state index in [-0.39, 0.29) is 5.91 Å². The Morgan fingerprint density at radius 1 is 1.35 bits per heavy atom. The van der Waals surface area contributed by atoms with Crippen LogP contribution in [0.4, 0.5) is 0 Å². The lowest BCUT2D eigenvalue weighted by molar-refractivity contribution is 0.0785. The van der Waals surface area contributed by atoms with Crippen molar-refractivity contribution >= 4 is 16.8 Å². The summed E-state index contributed by atoms with van der Waals surface area (Å²) in [6.45, 7) is 3.52. The number of carbonyl (C=O) groups is 1. The van der Waals surface area contributed by atoms with Crippen LogP contribution in [0.25, 0.3) is 10.9 Å². The molecule has 3 heterocycles. The molecule has 0 spiro atoms. The summed E-state index contributed by atoms with van der Waals surface area (Å²) in [5.74, 6) is 1.48. The Bertz CT molecular complexity index is 843. The van der Waals surface area contributed by atoms with E-state index in [1.54, 1.807) is 0 Å². The van der Waals surface area contributed by atoms with Crippen molar-refractivity contribution < 1.29 is 4.79 Å². The predicted octanol–water partition coefficient (Wildman–Crippen LogP) is 2.84. The molecule has 1 atom stereocenters. The van der Waals surface area contributed by atoms with Crippen molar-refractivity contribution in [1.29, 1.82) is 0 Å². The van der Waals surface area contributed by atoms with Crippen molar-refractivity contribution in [2.24, 2.45) is 7.05 Å². The summed E-state index contributed by atoms with van der Waals surface area (Å²) in [6.07, 6.45) is 3.01. The lowest BCUT2D eigenvalue weighted by atomic mass is 10.1. The Kier molecular flexibility index (Phi) is 3.22. The topological polar surface area (TPSA) is 53.9 Å². The summed E-state index contributed by atoms with van der Waals surface area (Å²) in [6, 6.07) is 9.92. The van der Waals surface area contributed by atoms with Gasteiger partial charge in [-0.1, -0.05) is 18.2 Å². The quantitative estimate of drug-likeness (QED) is 0.791. The number of aromatic amines is 1. The molecule has 0 saturated carbocycles. The largest absolute Gasteiger partial charge is 0.351 e. The Labute approximate surface area is 134 Å². The van der Waals surface area contributed by atoms with Crippen molar-refractivity contribution in [2.45, 2.75) is 19.3 Å². The van der Waals surface area contributed by atoms with E-state index in [2.05, 4.69) is 14.5 Å². The third-order valence-electron chi connectivity index (χ3n) is 4.63. The van der Waals surface area contributed by atoms with Crippen LogP contribution in [0, 0.1) is 6.92 Å². The number of hydrogen-bond acceptors (Lipinski definition) is 2. The first-order valence-electron chi connectivity index (χ1n) is 7.98. The average Bonchev–Trinajstić information content (AvgIpc) is 3.24. The summed E-state index contributed by atoms with van der Waals surface area (Å²) >= 11 is 0. The second-order valence-electron chi connectivity index (χ2n) is 6.36. The monoisotopic (exact) mass is 308 g/mol. The van der Waals surface area contributed by atoms with E-state index in [1.165, 1.54) is 0 Å². The zero-order chi connectivity index (χ0) is 16.0. The molecular formula is C18H20N4O. The van der Waals surface area contributed by atoms with Crippen molar-refractivity contribution in [1.82, 2.24) is 19.4 Å². The summed E-state index contributed by atoms with van der Waals surface area (Å²) in [5.41, 5.74) is 2.71. The Morgan fingerprint density at radius 3 is 2.91 bits per heavy atom. The van der Waals surface area contributed by atoms with Crippen LogP contribution in [0.3, 0.4) is 0 Å². The molecule has 0 radical (unpaired) electrons. The standard InChI is InChI=1S/C18H20N4O/c1-12-10-21(2)17(19-12)14-7-8-22(11-14)18(23)16-9-13-5-3-4-6-15(13)20-16/h3-6,9-10,14,20H,7-8,11H2,1-2H3/t14-/m0/s1. The van der Waals surface area contributed by atoms with E-state index in [4.69, 9.17) is 0 Å². The molecular weight excluding hydrogens is 288 g/mol. The molecule has 1 aliphatic rings. The fourth-order valence-electron chi connectivity index (χ4n) is 3.53. The third kappa shape index (κ3) is 2.42. The van der Waals surface area contributed by atoms with Gasteiger partial charge in [0.05, 0.1) is 5.69 Å². The predicted molar refractivity (Wildman–Crippen MR) is 89.5 cm³/mol. The normalized spacial score (nSPS) is 18.0. The van der Waals surface area contributed by atoms with Crippen LogP contribution in [0.1, 0.15) is 34.3 Å². The number of H-pyrrole nitrogens is 1.